The highest BCUT2D eigenvalue weighted by Gasteiger charge is 2.20. The lowest BCUT2D eigenvalue weighted by molar-refractivity contribution is -0.149. The molecule has 0 saturated carbocycles. The molecule has 2 rings (SSSR count). The summed E-state index contributed by atoms with van der Waals surface area (Å²) in [7, 11) is 1.35. The Balaban J connectivity index is 2.08. The molecule has 0 aromatic heterocycles. The summed E-state index contributed by atoms with van der Waals surface area (Å²) in [6.45, 7) is 2.05. The predicted octanol–water partition coefficient (Wildman–Crippen LogP) is 4.68. The third kappa shape index (κ3) is 5.33. The lowest BCUT2D eigenvalue weighted by atomic mass is 10.0. The number of rotatable bonds is 8. The second-order valence-electron chi connectivity index (χ2n) is 5.63. The number of unbranched alkanes of at least 4 members (excludes halogenated alkanes) is 1. The first kappa shape index (κ1) is 19.0. The lowest BCUT2D eigenvalue weighted by Crippen LogP contribution is -2.28. The number of ketones is 1. The van der Waals surface area contributed by atoms with Gasteiger partial charge in [-0.1, -0.05) is 24.9 Å². The summed E-state index contributed by atoms with van der Waals surface area (Å²) < 4.78 is 10.5. The van der Waals surface area contributed by atoms with Gasteiger partial charge in [0.25, 0.3) is 0 Å². The Bertz CT molecular complexity index is 707. The molecule has 0 aliphatic rings. The van der Waals surface area contributed by atoms with E-state index >= 15 is 0 Å². The van der Waals surface area contributed by atoms with Crippen molar-refractivity contribution in [2.75, 3.05) is 7.11 Å². The molecule has 0 fully saturated rings. The molecule has 0 aliphatic carbocycles. The highest BCUT2D eigenvalue weighted by Crippen LogP contribution is 2.19. The monoisotopic (exact) mass is 360 g/mol. The van der Waals surface area contributed by atoms with E-state index in [-0.39, 0.29) is 5.78 Å². The maximum absolute atomic E-state index is 12.4. The van der Waals surface area contributed by atoms with Crippen LogP contribution in [0.4, 0.5) is 0 Å². The maximum atomic E-state index is 12.4. The van der Waals surface area contributed by atoms with E-state index in [1.54, 1.807) is 48.5 Å². The van der Waals surface area contributed by atoms with Crippen molar-refractivity contribution in [2.45, 2.75) is 32.3 Å². The molecule has 4 nitrogen and oxygen atoms in total. The minimum atomic E-state index is -0.636. The van der Waals surface area contributed by atoms with Crippen LogP contribution in [-0.4, -0.2) is 25.0 Å². The molecule has 2 aromatic rings. The maximum Gasteiger partial charge on any atom is 0.347 e. The normalized spacial score (nSPS) is 11.6. The second-order valence-corrected chi connectivity index (χ2v) is 6.07. The molecular weight excluding hydrogens is 340 g/mol. The van der Waals surface area contributed by atoms with E-state index in [4.69, 9.17) is 21.1 Å². The van der Waals surface area contributed by atoms with Crippen molar-refractivity contribution in [1.82, 2.24) is 0 Å². The van der Waals surface area contributed by atoms with Crippen LogP contribution in [0.3, 0.4) is 0 Å². The van der Waals surface area contributed by atoms with E-state index in [9.17, 15) is 9.59 Å². The van der Waals surface area contributed by atoms with E-state index in [1.165, 1.54) is 7.11 Å². The molecule has 0 N–H and O–H groups in total. The van der Waals surface area contributed by atoms with Crippen LogP contribution < -0.4 is 4.74 Å². The largest absolute Gasteiger partial charge is 0.479 e. The van der Waals surface area contributed by atoms with E-state index in [0.29, 0.717) is 28.3 Å². The number of esters is 1. The molecule has 5 heteroatoms. The van der Waals surface area contributed by atoms with Gasteiger partial charge in [0.1, 0.15) is 5.75 Å². The van der Waals surface area contributed by atoms with Crippen LogP contribution in [0.2, 0.25) is 5.02 Å². The minimum Gasteiger partial charge on any atom is -0.479 e. The Morgan fingerprint density at radius 3 is 2.08 bits per heavy atom. The first-order valence-corrected chi connectivity index (χ1v) is 8.57. The van der Waals surface area contributed by atoms with Gasteiger partial charge in [0.2, 0.25) is 0 Å². The zero-order chi connectivity index (χ0) is 18.2. The Morgan fingerprint density at radius 1 is 1.00 bits per heavy atom. The summed E-state index contributed by atoms with van der Waals surface area (Å²) in [5.41, 5.74) is 1.10. The fraction of sp³-hybridized carbons (Fsp3) is 0.300. The molecule has 0 amide bonds. The standard InChI is InChI=1S/C20H21ClO4/c1-3-4-5-18(20(23)24-2)25-17-12-8-15(9-13-17)19(22)14-6-10-16(21)11-7-14/h6-13,18H,3-5H2,1-2H3. The predicted molar refractivity (Wildman–Crippen MR) is 97.3 cm³/mol. The Labute approximate surface area is 152 Å². The van der Waals surface area contributed by atoms with Crippen LogP contribution in [0.25, 0.3) is 0 Å². The molecule has 1 unspecified atom stereocenters. The topological polar surface area (TPSA) is 52.6 Å². The van der Waals surface area contributed by atoms with Gasteiger partial charge < -0.3 is 9.47 Å². The average molecular weight is 361 g/mol. The number of ether oxygens (including phenoxy) is 2. The van der Waals surface area contributed by atoms with Crippen LogP contribution >= 0.6 is 11.6 Å². The van der Waals surface area contributed by atoms with Gasteiger partial charge in [-0.2, -0.15) is 0 Å². The molecule has 132 valence electrons. The quantitative estimate of drug-likeness (QED) is 0.506. The van der Waals surface area contributed by atoms with Gasteiger partial charge in [-0.15, -0.1) is 0 Å². The number of halogens is 1. The van der Waals surface area contributed by atoms with E-state index in [1.807, 2.05) is 6.92 Å². The van der Waals surface area contributed by atoms with Crippen molar-refractivity contribution >= 4 is 23.4 Å². The molecule has 0 spiro atoms. The minimum absolute atomic E-state index is 0.0984. The van der Waals surface area contributed by atoms with Crippen molar-refractivity contribution in [3.63, 3.8) is 0 Å². The van der Waals surface area contributed by atoms with Gasteiger partial charge in [-0.3, -0.25) is 4.79 Å². The molecule has 0 heterocycles. The first-order valence-electron chi connectivity index (χ1n) is 8.20. The van der Waals surface area contributed by atoms with Gasteiger partial charge in [0.05, 0.1) is 7.11 Å². The Morgan fingerprint density at radius 2 is 1.56 bits per heavy atom. The van der Waals surface area contributed by atoms with Crippen molar-refractivity contribution in [3.8, 4) is 5.75 Å². The molecule has 0 bridgehead atoms. The molecule has 1 atom stereocenters. The summed E-state index contributed by atoms with van der Waals surface area (Å²) in [6.07, 6.45) is 1.79. The fourth-order valence-electron chi connectivity index (χ4n) is 2.36. The zero-order valence-electron chi connectivity index (χ0n) is 14.3. The SMILES string of the molecule is CCCCC(Oc1ccc(C(=O)c2ccc(Cl)cc2)cc1)C(=O)OC. The highest BCUT2D eigenvalue weighted by molar-refractivity contribution is 6.30. The van der Waals surface area contributed by atoms with Crippen molar-refractivity contribution in [2.24, 2.45) is 0 Å². The van der Waals surface area contributed by atoms with Crippen LogP contribution in [0.15, 0.2) is 48.5 Å². The van der Waals surface area contributed by atoms with Crippen LogP contribution in [0, 0.1) is 0 Å². The summed E-state index contributed by atoms with van der Waals surface area (Å²) in [4.78, 5) is 24.2. The summed E-state index contributed by atoms with van der Waals surface area (Å²) in [5.74, 6) is 0.0349. The van der Waals surface area contributed by atoms with E-state index in [0.717, 1.165) is 12.8 Å². The number of carbonyl (C=O) groups is 2. The van der Waals surface area contributed by atoms with E-state index < -0.39 is 12.1 Å². The zero-order valence-corrected chi connectivity index (χ0v) is 15.1. The van der Waals surface area contributed by atoms with Crippen LogP contribution in [0.1, 0.15) is 42.1 Å². The molecule has 0 aliphatic heterocycles. The molecule has 2 aromatic carbocycles. The van der Waals surface area contributed by atoms with Crippen molar-refractivity contribution in [1.29, 1.82) is 0 Å². The number of hydrogen-bond donors (Lipinski definition) is 0. The van der Waals surface area contributed by atoms with Gasteiger partial charge in [0.15, 0.2) is 11.9 Å². The van der Waals surface area contributed by atoms with Crippen molar-refractivity contribution < 1.29 is 19.1 Å². The van der Waals surface area contributed by atoms with Crippen LogP contribution in [-0.2, 0) is 9.53 Å². The average Bonchev–Trinajstić information content (AvgIpc) is 2.65. The van der Waals surface area contributed by atoms with Crippen LogP contribution in [0.5, 0.6) is 5.75 Å². The lowest BCUT2D eigenvalue weighted by Gasteiger charge is -2.16. The molecule has 25 heavy (non-hydrogen) atoms. The van der Waals surface area contributed by atoms with E-state index in [2.05, 4.69) is 0 Å². The number of carbonyl (C=O) groups excluding carboxylic acids is 2. The molecule has 0 saturated heterocycles. The number of hydrogen-bond acceptors (Lipinski definition) is 4. The number of benzene rings is 2. The fourth-order valence-corrected chi connectivity index (χ4v) is 2.49. The Kier molecular flexibility index (Phi) is 7.02. The number of methoxy groups -OCH3 is 1. The van der Waals surface area contributed by atoms with Gasteiger partial charge in [0, 0.05) is 16.1 Å². The first-order chi connectivity index (χ1) is 12.0. The van der Waals surface area contributed by atoms with Gasteiger partial charge in [-0.25, -0.2) is 4.79 Å². The summed E-state index contributed by atoms with van der Waals surface area (Å²) in [5, 5.41) is 0.584. The summed E-state index contributed by atoms with van der Waals surface area (Å²) in [6, 6.07) is 13.5. The smallest absolute Gasteiger partial charge is 0.347 e. The molecule has 0 radical (unpaired) electrons. The van der Waals surface area contributed by atoms with Gasteiger partial charge >= 0.3 is 5.97 Å². The molecular formula is C20H21ClO4. The van der Waals surface area contributed by atoms with Crippen molar-refractivity contribution in [3.05, 3.63) is 64.7 Å². The Hall–Kier alpha value is -2.33. The third-order valence-corrected chi connectivity index (χ3v) is 4.04. The second kappa shape index (κ2) is 9.23. The third-order valence-electron chi connectivity index (χ3n) is 3.79. The van der Waals surface area contributed by atoms with Gasteiger partial charge in [-0.05, 0) is 61.4 Å². The summed E-state index contributed by atoms with van der Waals surface area (Å²) >= 11 is 5.84. The highest BCUT2D eigenvalue weighted by atomic mass is 35.5.